The fourth-order valence-electron chi connectivity index (χ4n) is 2.59. The Labute approximate surface area is 162 Å². The first-order valence-corrected chi connectivity index (χ1v) is 8.62. The lowest BCUT2D eigenvalue weighted by Gasteiger charge is -2.18. The van der Waals surface area contributed by atoms with Crippen LogP contribution in [0.25, 0.3) is 0 Å². The number of nitrogens with zero attached hydrogens (tertiary/aromatic N) is 1. The van der Waals surface area contributed by atoms with Crippen LogP contribution in [-0.4, -0.2) is 22.6 Å². The molecule has 0 bridgehead atoms. The molecule has 0 saturated carbocycles. The van der Waals surface area contributed by atoms with Crippen LogP contribution >= 0.6 is 0 Å². The number of nitrogens with one attached hydrogen (secondary N) is 1. The number of benzene rings is 2. The monoisotopic (exact) mass is 374 g/mol. The minimum Gasteiger partial charge on any atom is -0.444 e. The molecule has 0 aliphatic rings. The predicted molar refractivity (Wildman–Crippen MR) is 104 cm³/mol. The van der Waals surface area contributed by atoms with Crippen molar-refractivity contribution >= 4 is 23.3 Å². The molecule has 0 unspecified atom stereocenters. The maximum Gasteiger partial charge on any atom is 0.339 e. The van der Waals surface area contributed by atoms with Crippen LogP contribution in [0, 0.1) is 0 Å². The molecule has 0 aliphatic heterocycles. The van der Waals surface area contributed by atoms with Crippen LogP contribution in [0.4, 0.5) is 5.69 Å². The zero-order valence-corrected chi connectivity index (χ0v) is 15.2. The minimum absolute atomic E-state index is 0.111. The van der Waals surface area contributed by atoms with Gasteiger partial charge in [-0.3, -0.25) is 14.6 Å². The molecule has 1 heterocycles. The topological polar surface area (TPSA) is 85.4 Å². The molecule has 0 spiro atoms. The number of aromatic nitrogens is 1. The fourth-order valence-corrected chi connectivity index (χ4v) is 2.59. The molecule has 1 N–H and O–H groups in total. The zero-order valence-electron chi connectivity index (χ0n) is 15.2. The van der Waals surface area contributed by atoms with E-state index in [0.29, 0.717) is 22.4 Å². The van der Waals surface area contributed by atoms with Gasteiger partial charge >= 0.3 is 5.97 Å². The Kier molecular flexibility index (Phi) is 5.91. The first kappa shape index (κ1) is 19.0. The first-order chi connectivity index (χ1) is 13.5. The number of esters is 1. The van der Waals surface area contributed by atoms with Crippen molar-refractivity contribution in [2.45, 2.75) is 13.0 Å². The van der Waals surface area contributed by atoms with E-state index in [2.05, 4.69) is 10.3 Å². The highest BCUT2D eigenvalue weighted by Gasteiger charge is 2.26. The molecule has 1 amide bonds. The van der Waals surface area contributed by atoms with Crippen molar-refractivity contribution in [1.82, 2.24) is 4.98 Å². The van der Waals surface area contributed by atoms with Crippen molar-refractivity contribution in [3.05, 3.63) is 95.8 Å². The lowest BCUT2D eigenvalue weighted by atomic mass is 10.1. The number of pyridine rings is 1. The number of amides is 1. The summed E-state index contributed by atoms with van der Waals surface area (Å²) < 4.78 is 5.49. The Balaban J connectivity index is 1.84. The third kappa shape index (κ3) is 4.67. The van der Waals surface area contributed by atoms with Crippen LogP contribution in [0.15, 0.2) is 79.1 Å². The summed E-state index contributed by atoms with van der Waals surface area (Å²) in [6.45, 7) is 1.45. The van der Waals surface area contributed by atoms with Crippen LogP contribution in [0.5, 0.6) is 0 Å². The second kappa shape index (κ2) is 8.73. The molecule has 6 nitrogen and oxygen atoms in total. The van der Waals surface area contributed by atoms with Crippen molar-refractivity contribution in [2.75, 3.05) is 5.32 Å². The van der Waals surface area contributed by atoms with Crippen LogP contribution in [0.2, 0.25) is 0 Å². The maximum absolute atomic E-state index is 12.9. The lowest BCUT2D eigenvalue weighted by molar-refractivity contribution is -0.125. The van der Waals surface area contributed by atoms with Gasteiger partial charge in [0.2, 0.25) is 6.10 Å². The first-order valence-electron chi connectivity index (χ1n) is 8.62. The van der Waals surface area contributed by atoms with Crippen LogP contribution in [0.3, 0.4) is 0 Å². The second-order valence-electron chi connectivity index (χ2n) is 6.06. The highest BCUT2D eigenvalue weighted by molar-refractivity contribution is 6.00. The van der Waals surface area contributed by atoms with Gasteiger partial charge in [0.15, 0.2) is 5.78 Å². The fraction of sp³-hybridized carbons (Fsp3) is 0.0909. The average Bonchev–Trinajstić information content (AvgIpc) is 2.73. The third-order valence-corrected chi connectivity index (χ3v) is 4.02. The standard InChI is InChI=1S/C22H18N2O4/c1-15(25)18-8-5-9-19(14-18)24-21(26)20(16-6-3-2-4-7-16)28-22(27)17-10-12-23-13-11-17/h2-14,20H,1H3,(H,24,26)/t20-/m1/s1. The lowest BCUT2D eigenvalue weighted by Crippen LogP contribution is -2.26. The molecule has 0 aliphatic carbocycles. The van der Waals surface area contributed by atoms with E-state index in [0.717, 1.165) is 0 Å². The molecule has 6 heteroatoms. The zero-order chi connectivity index (χ0) is 19.9. The van der Waals surface area contributed by atoms with Crippen molar-refractivity contribution in [2.24, 2.45) is 0 Å². The van der Waals surface area contributed by atoms with Gasteiger partial charge in [-0.1, -0.05) is 42.5 Å². The predicted octanol–water partition coefficient (Wildman–Crippen LogP) is 3.82. The van der Waals surface area contributed by atoms with Gasteiger partial charge in [-0.2, -0.15) is 0 Å². The number of rotatable bonds is 6. The number of Topliss-reactive ketones (excluding diaryl/α,β-unsaturated/α-hetero) is 1. The van der Waals surface area contributed by atoms with Gasteiger partial charge in [-0.25, -0.2) is 4.79 Å². The van der Waals surface area contributed by atoms with E-state index in [9.17, 15) is 14.4 Å². The quantitative estimate of drug-likeness (QED) is 0.524. The van der Waals surface area contributed by atoms with Gasteiger partial charge in [0.25, 0.3) is 5.91 Å². The smallest absolute Gasteiger partial charge is 0.339 e. The van der Waals surface area contributed by atoms with Gasteiger partial charge in [-0.15, -0.1) is 0 Å². The molecule has 28 heavy (non-hydrogen) atoms. The van der Waals surface area contributed by atoms with Crippen LogP contribution in [-0.2, 0) is 9.53 Å². The Morgan fingerprint density at radius 2 is 1.61 bits per heavy atom. The summed E-state index contributed by atoms with van der Waals surface area (Å²) in [6.07, 6.45) is 1.80. The van der Waals surface area contributed by atoms with Crippen LogP contribution < -0.4 is 5.32 Å². The summed E-state index contributed by atoms with van der Waals surface area (Å²) in [6, 6.07) is 18.3. The summed E-state index contributed by atoms with van der Waals surface area (Å²) in [7, 11) is 0. The number of ether oxygens (including phenoxy) is 1. The van der Waals surface area contributed by atoms with E-state index < -0.39 is 18.0 Å². The normalized spacial score (nSPS) is 11.3. The van der Waals surface area contributed by atoms with Gasteiger partial charge in [-0.05, 0) is 31.2 Å². The molecular formula is C22H18N2O4. The number of anilines is 1. The van der Waals surface area contributed by atoms with E-state index >= 15 is 0 Å². The summed E-state index contributed by atoms with van der Waals surface area (Å²) in [5.74, 6) is -1.27. The summed E-state index contributed by atoms with van der Waals surface area (Å²) >= 11 is 0. The third-order valence-electron chi connectivity index (χ3n) is 4.02. The van der Waals surface area contributed by atoms with E-state index in [1.165, 1.54) is 31.5 Å². The Hall–Kier alpha value is -3.80. The Morgan fingerprint density at radius 3 is 2.29 bits per heavy atom. The molecule has 1 aromatic heterocycles. The molecule has 0 radical (unpaired) electrons. The Morgan fingerprint density at radius 1 is 0.893 bits per heavy atom. The highest BCUT2D eigenvalue weighted by Crippen LogP contribution is 2.22. The molecule has 3 aromatic rings. The molecular weight excluding hydrogens is 356 g/mol. The van der Waals surface area contributed by atoms with Crippen molar-refractivity contribution in [1.29, 1.82) is 0 Å². The molecule has 2 aromatic carbocycles. The number of carbonyl (C=O) groups excluding carboxylic acids is 3. The summed E-state index contributed by atoms with van der Waals surface area (Å²) in [5, 5.41) is 2.71. The van der Waals surface area contributed by atoms with Gasteiger partial charge in [0.1, 0.15) is 0 Å². The minimum atomic E-state index is -1.15. The SMILES string of the molecule is CC(=O)c1cccc(NC(=O)[C@H](OC(=O)c2ccncc2)c2ccccc2)c1. The summed E-state index contributed by atoms with van der Waals surface area (Å²) in [4.78, 5) is 40.7. The van der Waals surface area contributed by atoms with Crippen LogP contribution in [0.1, 0.15) is 39.3 Å². The molecule has 0 fully saturated rings. The number of ketones is 1. The Bertz CT molecular complexity index is 988. The van der Waals surface area contributed by atoms with E-state index in [-0.39, 0.29) is 5.78 Å². The average molecular weight is 374 g/mol. The summed E-state index contributed by atoms with van der Waals surface area (Å²) in [5.41, 5.74) is 1.74. The molecule has 140 valence electrons. The van der Waals surface area contributed by atoms with Crippen molar-refractivity contribution in [3.63, 3.8) is 0 Å². The van der Waals surface area contributed by atoms with Crippen molar-refractivity contribution in [3.8, 4) is 0 Å². The van der Waals surface area contributed by atoms with Gasteiger partial charge in [0, 0.05) is 29.2 Å². The maximum atomic E-state index is 12.9. The van der Waals surface area contributed by atoms with E-state index in [1.807, 2.05) is 0 Å². The number of hydrogen-bond donors (Lipinski definition) is 1. The van der Waals surface area contributed by atoms with Gasteiger partial charge in [0.05, 0.1) is 5.56 Å². The molecule has 3 rings (SSSR count). The van der Waals surface area contributed by atoms with E-state index in [4.69, 9.17) is 4.74 Å². The van der Waals surface area contributed by atoms with E-state index in [1.54, 1.807) is 54.6 Å². The van der Waals surface area contributed by atoms with Gasteiger partial charge < -0.3 is 10.1 Å². The van der Waals surface area contributed by atoms with Crippen molar-refractivity contribution < 1.29 is 19.1 Å². The largest absolute Gasteiger partial charge is 0.444 e. The second-order valence-corrected chi connectivity index (χ2v) is 6.06. The highest BCUT2D eigenvalue weighted by atomic mass is 16.5. The number of hydrogen-bond acceptors (Lipinski definition) is 5. The number of carbonyl (C=O) groups is 3. The molecule has 0 saturated heterocycles. The molecule has 1 atom stereocenters.